The van der Waals surface area contributed by atoms with Crippen molar-refractivity contribution in [2.45, 2.75) is 5.41 Å². The molecule has 160 valence electrons. The highest BCUT2D eigenvalue weighted by atomic mass is 35.5. The summed E-state index contributed by atoms with van der Waals surface area (Å²) in [5.41, 5.74) is 9.50. The number of benzene rings is 5. The summed E-state index contributed by atoms with van der Waals surface area (Å²) in [6.45, 7) is 0. The summed E-state index contributed by atoms with van der Waals surface area (Å²) in [6.07, 6.45) is 0. The fourth-order valence-electron chi connectivity index (χ4n) is 5.41. The summed E-state index contributed by atoms with van der Waals surface area (Å²) in [5, 5.41) is 10.2. The fourth-order valence-corrected chi connectivity index (χ4v) is 5.58. The first-order chi connectivity index (χ1) is 16.7. The molecule has 0 spiro atoms. The average Bonchev–Trinajstić information content (AvgIpc) is 3.19. The third kappa shape index (κ3) is 3.00. The van der Waals surface area contributed by atoms with Crippen LogP contribution in [0.1, 0.15) is 27.8 Å². The van der Waals surface area contributed by atoms with E-state index in [0.29, 0.717) is 5.56 Å². The lowest BCUT2D eigenvalue weighted by Crippen LogP contribution is -2.28. The molecule has 5 aromatic rings. The highest BCUT2D eigenvalue weighted by Gasteiger charge is 2.46. The van der Waals surface area contributed by atoms with Gasteiger partial charge in [0.1, 0.15) is 0 Å². The van der Waals surface area contributed by atoms with E-state index >= 15 is 0 Å². The van der Waals surface area contributed by atoms with Crippen molar-refractivity contribution in [3.63, 3.8) is 0 Å². The van der Waals surface area contributed by atoms with E-state index in [2.05, 4.69) is 103 Å². The average molecular weight is 454 g/mol. The van der Waals surface area contributed by atoms with Crippen molar-refractivity contribution in [3.8, 4) is 28.3 Å². The third-order valence-corrected chi connectivity index (χ3v) is 7.07. The van der Waals surface area contributed by atoms with Crippen LogP contribution in [0.15, 0.2) is 121 Å². The standard InChI is InChI=1S/C32H20ClN/c33-27-15-17-29-28-16-14-24(23-9-7-8-22(18-23)21-34)19-30(28)32(31(29)20-27,25-10-3-1-4-11-25)26-12-5-2-6-13-26/h1-20H. The van der Waals surface area contributed by atoms with E-state index in [1.165, 1.54) is 33.4 Å². The molecule has 0 atom stereocenters. The van der Waals surface area contributed by atoms with E-state index in [-0.39, 0.29) is 0 Å². The lowest BCUT2D eigenvalue weighted by atomic mass is 9.67. The lowest BCUT2D eigenvalue weighted by Gasteiger charge is -2.34. The van der Waals surface area contributed by atoms with Crippen molar-refractivity contribution in [3.05, 3.63) is 154 Å². The Morgan fingerprint density at radius 2 is 1.15 bits per heavy atom. The summed E-state index contributed by atoms with van der Waals surface area (Å²) in [7, 11) is 0. The first-order valence-corrected chi connectivity index (χ1v) is 11.7. The molecule has 0 aliphatic heterocycles. The van der Waals surface area contributed by atoms with E-state index in [9.17, 15) is 5.26 Å². The maximum absolute atomic E-state index is 9.43. The van der Waals surface area contributed by atoms with E-state index in [0.717, 1.165) is 16.1 Å². The predicted molar refractivity (Wildman–Crippen MR) is 139 cm³/mol. The minimum Gasteiger partial charge on any atom is -0.192 e. The number of nitrogens with zero attached hydrogens (tertiary/aromatic N) is 1. The van der Waals surface area contributed by atoms with Gasteiger partial charge in [-0.1, -0.05) is 103 Å². The number of hydrogen-bond acceptors (Lipinski definition) is 1. The Morgan fingerprint density at radius 3 is 1.79 bits per heavy atom. The zero-order chi connectivity index (χ0) is 23.1. The molecule has 0 fully saturated rings. The van der Waals surface area contributed by atoms with Crippen molar-refractivity contribution >= 4 is 11.6 Å². The van der Waals surface area contributed by atoms with Gasteiger partial charge < -0.3 is 0 Å². The predicted octanol–water partition coefficient (Wildman–Crippen LogP) is 8.24. The number of hydrogen-bond donors (Lipinski definition) is 0. The van der Waals surface area contributed by atoms with Gasteiger partial charge in [0.15, 0.2) is 0 Å². The van der Waals surface area contributed by atoms with Gasteiger partial charge in [0.2, 0.25) is 0 Å². The molecule has 0 saturated carbocycles. The second-order valence-electron chi connectivity index (χ2n) is 8.62. The molecule has 5 aromatic carbocycles. The quantitative estimate of drug-likeness (QED) is 0.264. The van der Waals surface area contributed by atoms with Crippen molar-refractivity contribution in [2.75, 3.05) is 0 Å². The maximum Gasteiger partial charge on any atom is 0.0991 e. The third-order valence-electron chi connectivity index (χ3n) is 6.84. The first kappa shape index (κ1) is 20.5. The first-order valence-electron chi connectivity index (χ1n) is 11.3. The molecule has 1 aliphatic carbocycles. The molecule has 0 aromatic heterocycles. The molecule has 0 saturated heterocycles. The van der Waals surface area contributed by atoms with Gasteiger partial charge in [0, 0.05) is 5.02 Å². The number of rotatable bonds is 3. The number of nitriles is 1. The highest BCUT2D eigenvalue weighted by Crippen LogP contribution is 2.57. The Balaban J connectivity index is 1.73. The van der Waals surface area contributed by atoms with Crippen molar-refractivity contribution in [1.29, 1.82) is 5.26 Å². The van der Waals surface area contributed by atoms with Gasteiger partial charge in [-0.05, 0) is 74.8 Å². The summed E-state index contributed by atoms with van der Waals surface area (Å²) in [4.78, 5) is 0. The van der Waals surface area contributed by atoms with Gasteiger partial charge in [-0.3, -0.25) is 0 Å². The fraction of sp³-hybridized carbons (Fsp3) is 0.0312. The second kappa shape index (κ2) is 8.03. The molecule has 1 nitrogen and oxygen atoms in total. The van der Waals surface area contributed by atoms with Crippen LogP contribution in [-0.4, -0.2) is 0 Å². The number of halogens is 1. The van der Waals surface area contributed by atoms with Gasteiger partial charge in [-0.2, -0.15) is 5.26 Å². The smallest absolute Gasteiger partial charge is 0.0991 e. The molecule has 0 bridgehead atoms. The summed E-state index contributed by atoms with van der Waals surface area (Å²) < 4.78 is 0. The van der Waals surface area contributed by atoms with Crippen LogP contribution in [0, 0.1) is 11.3 Å². The van der Waals surface area contributed by atoms with Crippen LogP contribution >= 0.6 is 11.6 Å². The minimum atomic E-state index is -0.499. The Morgan fingerprint density at radius 1 is 0.559 bits per heavy atom. The van der Waals surface area contributed by atoms with Gasteiger partial charge in [0.05, 0.1) is 17.0 Å². The molecule has 0 radical (unpaired) electrons. The Hall–Kier alpha value is -4.12. The summed E-state index contributed by atoms with van der Waals surface area (Å²) in [5.74, 6) is 0. The van der Waals surface area contributed by atoms with Crippen LogP contribution in [0.25, 0.3) is 22.3 Å². The molecular formula is C32H20ClN. The van der Waals surface area contributed by atoms with Crippen molar-refractivity contribution in [1.82, 2.24) is 0 Å². The van der Waals surface area contributed by atoms with Crippen LogP contribution in [0.5, 0.6) is 0 Å². The van der Waals surface area contributed by atoms with Crippen LogP contribution in [0.3, 0.4) is 0 Å². The topological polar surface area (TPSA) is 23.8 Å². The Kier molecular flexibility index (Phi) is 4.84. The van der Waals surface area contributed by atoms with E-state index in [1.54, 1.807) is 0 Å². The summed E-state index contributed by atoms with van der Waals surface area (Å²) >= 11 is 6.60. The van der Waals surface area contributed by atoms with Crippen molar-refractivity contribution < 1.29 is 0 Å². The molecule has 1 aliphatic rings. The SMILES string of the molecule is N#Cc1cccc(-c2ccc3c(c2)C(c2ccccc2)(c2ccccc2)c2cc(Cl)ccc2-3)c1. The molecule has 6 rings (SSSR count). The molecule has 2 heteroatoms. The van der Waals surface area contributed by atoms with E-state index < -0.39 is 5.41 Å². The monoisotopic (exact) mass is 453 g/mol. The lowest BCUT2D eigenvalue weighted by molar-refractivity contribution is 0.769. The second-order valence-corrected chi connectivity index (χ2v) is 9.06. The van der Waals surface area contributed by atoms with Crippen LogP contribution in [0.4, 0.5) is 0 Å². The van der Waals surface area contributed by atoms with Crippen LogP contribution in [0.2, 0.25) is 5.02 Å². The van der Waals surface area contributed by atoms with Gasteiger partial charge in [-0.25, -0.2) is 0 Å². The number of fused-ring (bicyclic) bond motifs is 3. The minimum absolute atomic E-state index is 0.499. The summed E-state index contributed by atoms with van der Waals surface area (Å²) in [6, 6.07) is 44.3. The zero-order valence-corrected chi connectivity index (χ0v) is 19.1. The maximum atomic E-state index is 9.43. The van der Waals surface area contributed by atoms with Crippen LogP contribution < -0.4 is 0 Å². The highest BCUT2D eigenvalue weighted by molar-refractivity contribution is 6.30. The molecule has 34 heavy (non-hydrogen) atoms. The molecular weight excluding hydrogens is 434 g/mol. The Labute approximate surface area is 204 Å². The van der Waals surface area contributed by atoms with E-state index in [1.807, 2.05) is 24.3 Å². The molecule has 0 heterocycles. The van der Waals surface area contributed by atoms with E-state index in [4.69, 9.17) is 11.6 Å². The molecule has 0 amide bonds. The zero-order valence-electron chi connectivity index (χ0n) is 18.4. The van der Waals surface area contributed by atoms with Crippen molar-refractivity contribution in [2.24, 2.45) is 0 Å². The largest absolute Gasteiger partial charge is 0.192 e. The van der Waals surface area contributed by atoms with Gasteiger partial charge in [0.25, 0.3) is 0 Å². The van der Waals surface area contributed by atoms with Gasteiger partial charge in [-0.15, -0.1) is 0 Å². The van der Waals surface area contributed by atoms with Gasteiger partial charge >= 0.3 is 0 Å². The molecule has 0 unspecified atom stereocenters. The van der Waals surface area contributed by atoms with Crippen LogP contribution in [-0.2, 0) is 5.41 Å². The molecule has 0 N–H and O–H groups in total. The normalized spacial score (nSPS) is 13.1. The Bertz CT molecular complexity index is 1520.